The normalized spacial score (nSPS) is 28.8. The largest absolute Gasteiger partial charge is 0.348 e. The van der Waals surface area contributed by atoms with E-state index in [0.717, 1.165) is 22.8 Å². The molecule has 0 spiro atoms. The molecule has 1 aliphatic heterocycles. The molecule has 5 nitrogen and oxygen atoms in total. The van der Waals surface area contributed by atoms with Crippen molar-refractivity contribution in [3.8, 4) is 0 Å². The molecule has 5 atom stereocenters. The van der Waals surface area contributed by atoms with Crippen LogP contribution in [0.3, 0.4) is 0 Å². The number of likely N-dealkylation sites (tertiary alicyclic amines) is 1. The first-order chi connectivity index (χ1) is 13.5. The molecule has 3 amide bonds. The van der Waals surface area contributed by atoms with Crippen LogP contribution in [-0.4, -0.2) is 29.2 Å². The van der Waals surface area contributed by atoms with Gasteiger partial charge in [-0.1, -0.05) is 54.6 Å². The van der Waals surface area contributed by atoms with E-state index in [-0.39, 0.29) is 54.0 Å². The van der Waals surface area contributed by atoms with Gasteiger partial charge in [0.2, 0.25) is 17.7 Å². The number of hydrogen-bond donors (Lipinski definition) is 1. The van der Waals surface area contributed by atoms with Gasteiger partial charge < -0.3 is 5.32 Å². The molecule has 1 saturated heterocycles. The van der Waals surface area contributed by atoms with Crippen LogP contribution in [0.4, 0.5) is 0 Å². The molecule has 0 radical (unpaired) electrons. The first-order valence-corrected chi connectivity index (χ1v) is 9.85. The van der Waals surface area contributed by atoms with Crippen LogP contribution in [0.5, 0.6) is 0 Å². The first-order valence-electron chi connectivity index (χ1n) is 9.85. The maximum absolute atomic E-state index is 12.7. The molecule has 2 aliphatic carbocycles. The van der Waals surface area contributed by atoms with Crippen molar-refractivity contribution in [1.82, 2.24) is 10.2 Å². The highest BCUT2D eigenvalue weighted by atomic mass is 16.2. The Morgan fingerprint density at radius 1 is 1.04 bits per heavy atom. The van der Waals surface area contributed by atoms with Gasteiger partial charge in [-0.15, -0.1) is 0 Å². The van der Waals surface area contributed by atoms with E-state index >= 15 is 0 Å². The molecule has 2 aromatic carbocycles. The SMILES string of the molecule is CC(NC(=O)CN1C(=O)C2C3C=CC(C3)C2C1=O)c1cccc2ccccc12. The van der Waals surface area contributed by atoms with E-state index in [9.17, 15) is 14.4 Å². The Labute approximate surface area is 163 Å². The number of hydrogen-bond acceptors (Lipinski definition) is 3. The Morgan fingerprint density at radius 2 is 1.68 bits per heavy atom. The van der Waals surface area contributed by atoms with Crippen molar-refractivity contribution in [3.63, 3.8) is 0 Å². The van der Waals surface area contributed by atoms with Crippen molar-refractivity contribution in [2.75, 3.05) is 6.54 Å². The summed E-state index contributed by atoms with van der Waals surface area (Å²) in [6, 6.07) is 13.8. The van der Waals surface area contributed by atoms with Gasteiger partial charge in [-0.05, 0) is 41.5 Å². The maximum Gasteiger partial charge on any atom is 0.240 e. The summed E-state index contributed by atoms with van der Waals surface area (Å²) in [6.45, 7) is 1.73. The minimum absolute atomic E-state index is 0.161. The molecule has 3 aliphatic rings. The second kappa shape index (κ2) is 6.30. The number of rotatable bonds is 4. The van der Waals surface area contributed by atoms with E-state index < -0.39 is 0 Å². The number of allylic oxidation sites excluding steroid dienone is 2. The topological polar surface area (TPSA) is 66.5 Å². The van der Waals surface area contributed by atoms with Crippen molar-refractivity contribution < 1.29 is 14.4 Å². The van der Waals surface area contributed by atoms with Crippen LogP contribution in [0.1, 0.15) is 24.9 Å². The van der Waals surface area contributed by atoms with Crippen LogP contribution >= 0.6 is 0 Å². The lowest BCUT2D eigenvalue weighted by Gasteiger charge is -2.20. The van der Waals surface area contributed by atoms with Crippen molar-refractivity contribution in [2.45, 2.75) is 19.4 Å². The number of benzene rings is 2. The van der Waals surface area contributed by atoms with Crippen LogP contribution in [0.25, 0.3) is 10.8 Å². The van der Waals surface area contributed by atoms with Crippen LogP contribution in [0.15, 0.2) is 54.6 Å². The lowest BCUT2D eigenvalue weighted by molar-refractivity contribution is -0.144. The molecular weight excluding hydrogens is 352 g/mol. The van der Waals surface area contributed by atoms with Crippen LogP contribution < -0.4 is 5.32 Å². The number of amides is 3. The fourth-order valence-corrected chi connectivity index (χ4v) is 5.26. The Bertz CT molecular complexity index is 992. The highest BCUT2D eigenvalue weighted by molar-refractivity contribution is 6.08. The average Bonchev–Trinajstić information content (AvgIpc) is 3.37. The highest BCUT2D eigenvalue weighted by Gasteiger charge is 2.59. The zero-order valence-electron chi connectivity index (χ0n) is 15.7. The van der Waals surface area contributed by atoms with Crippen LogP contribution in [0.2, 0.25) is 0 Å². The molecule has 2 bridgehead atoms. The number of nitrogens with zero attached hydrogens (tertiary/aromatic N) is 1. The van der Waals surface area contributed by atoms with E-state index in [1.54, 1.807) is 0 Å². The third-order valence-electron chi connectivity index (χ3n) is 6.53. The lowest BCUT2D eigenvalue weighted by Crippen LogP contribution is -2.42. The van der Waals surface area contributed by atoms with Gasteiger partial charge in [0, 0.05) is 0 Å². The van der Waals surface area contributed by atoms with Crippen molar-refractivity contribution in [1.29, 1.82) is 0 Å². The zero-order valence-corrected chi connectivity index (χ0v) is 15.7. The summed E-state index contributed by atoms with van der Waals surface area (Å²) in [5.74, 6) is -0.859. The van der Waals surface area contributed by atoms with E-state index in [0.29, 0.717) is 0 Å². The number of fused-ring (bicyclic) bond motifs is 6. The second-order valence-electron chi connectivity index (χ2n) is 8.12. The summed E-state index contributed by atoms with van der Waals surface area (Å²) in [5.41, 5.74) is 1.02. The standard InChI is InChI=1S/C23H22N2O3/c1-13(17-8-4-6-14-5-2-3-7-18(14)17)24-19(26)12-25-22(27)20-15-9-10-16(11-15)21(20)23(25)28/h2-10,13,15-16,20-21H,11-12H2,1H3,(H,24,26). The third-order valence-corrected chi connectivity index (χ3v) is 6.53. The quantitative estimate of drug-likeness (QED) is 0.661. The van der Waals surface area contributed by atoms with Crippen molar-refractivity contribution >= 4 is 28.5 Å². The Kier molecular flexibility index (Phi) is 3.86. The van der Waals surface area contributed by atoms with Gasteiger partial charge in [0.05, 0.1) is 17.9 Å². The fraction of sp³-hybridized carbons (Fsp3) is 0.348. The molecule has 1 N–H and O–H groups in total. The molecule has 5 heteroatoms. The Hall–Kier alpha value is -2.95. The molecule has 1 heterocycles. The van der Waals surface area contributed by atoms with Gasteiger partial charge in [0.1, 0.15) is 6.54 Å². The highest BCUT2D eigenvalue weighted by Crippen LogP contribution is 2.52. The Morgan fingerprint density at radius 3 is 2.39 bits per heavy atom. The van der Waals surface area contributed by atoms with Gasteiger partial charge >= 0.3 is 0 Å². The van der Waals surface area contributed by atoms with Crippen molar-refractivity contribution in [2.24, 2.45) is 23.7 Å². The summed E-state index contributed by atoms with van der Waals surface area (Å²) in [4.78, 5) is 39.3. The zero-order chi connectivity index (χ0) is 19.4. The molecule has 5 unspecified atom stereocenters. The molecule has 0 aromatic heterocycles. The molecular formula is C23H22N2O3. The van der Waals surface area contributed by atoms with Gasteiger partial charge in [-0.2, -0.15) is 0 Å². The van der Waals surface area contributed by atoms with E-state index in [1.807, 2.05) is 49.4 Å². The third kappa shape index (κ3) is 2.49. The van der Waals surface area contributed by atoms with Gasteiger partial charge in [-0.3, -0.25) is 19.3 Å². The Balaban J connectivity index is 1.30. The summed E-state index contributed by atoms with van der Waals surface area (Å²) < 4.78 is 0. The van der Waals surface area contributed by atoms with Gasteiger partial charge in [0.25, 0.3) is 0 Å². The summed E-state index contributed by atoms with van der Waals surface area (Å²) in [6.07, 6.45) is 5.01. The predicted octanol–water partition coefficient (Wildman–Crippen LogP) is 2.82. The lowest BCUT2D eigenvalue weighted by atomic mass is 9.85. The number of nitrogens with one attached hydrogen (secondary N) is 1. The number of imide groups is 1. The molecule has 142 valence electrons. The molecule has 1 saturated carbocycles. The fourth-order valence-electron chi connectivity index (χ4n) is 5.26. The minimum atomic E-state index is -0.303. The van der Waals surface area contributed by atoms with Gasteiger partial charge in [0.15, 0.2) is 0 Å². The van der Waals surface area contributed by atoms with Gasteiger partial charge in [-0.25, -0.2) is 0 Å². The molecule has 2 aromatic rings. The summed E-state index contributed by atoms with van der Waals surface area (Å²) in [7, 11) is 0. The van der Waals surface area contributed by atoms with Crippen LogP contribution in [-0.2, 0) is 14.4 Å². The summed E-state index contributed by atoms with van der Waals surface area (Å²) in [5, 5.41) is 5.16. The van der Waals surface area contributed by atoms with E-state index in [4.69, 9.17) is 0 Å². The number of carbonyl (C=O) groups excluding carboxylic acids is 3. The predicted molar refractivity (Wildman–Crippen MR) is 105 cm³/mol. The van der Waals surface area contributed by atoms with Crippen LogP contribution in [0, 0.1) is 23.7 Å². The number of carbonyl (C=O) groups is 3. The van der Waals surface area contributed by atoms with E-state index in [2.05, 4.69) is 17.5 Å². The monoisotopic (exact) mass is 374 g/mol. The maximum atomic E-state index is 12.7. The van der Waals surface area contributed by atoms with E-state index in [1.165, 1.54) is 4.90 Å². The summed E-state index contributed by atoms with van der Waals surface area (Å²) >= 11 is 0. The molecule has 28 heavy (non-hydrogen) atoms. The van der Waals surface area contributed by atoms with Crippen molar-refractivity contribution in [3.05, 3.63) is 60.2 Å². The molecule has 5 rings (SSSR count). The average molecular weight is 374 g/mol. The molecule has 2 fully saturated rings. The first kappa shape index (κ1) is 17.2. The second-order valence-corrected chi connectivity index (χ2v) is 8.12. The minimum Gasteiger partial charge on any atom is -0.348 e. The smallest absolute Gasteiger partial charge is 0.240 e.